The van der Waals surface area contributed by atoms with Crippen molar-refractivity contribution in [3.63, 3.8) is 0 Å². The second-order valence-electron chi connectivity index (χ2n) is 1.55. The molecular weight excluding hydrogens is 257 g/mol. The monoisotopic (exact) mass is 265 g/mol. The number of benzene rings is 1. The van der Waals surface area contributed by atoms with Crippen LogP contribution in [0.25, 0.3) is 0 Å². The van der Waals surface area contributed by atoms with E-state index in [9.17, 15) is 0 Å². The van der Waals surface area contributed by atoms with Gasteiger partial charge in [-0.1, -0.05) is 29.8 Å². The molecule has 0 aliphatic carbocycles. The molecule has 13 heavy (non-hydrogen) atoms. The van der Waals surface area contributed by atoms with Gasteiger partial charge in [0.25, 0.3) is 0 Å². The van der Waals surface area contributed by atoms with Crippen molar-refractivity contribution in [2.24, 2.45) is 0 Å². The Labute approximate surface area is 94.5 Å². The molecule has 3 nitrogen and oxygen atoms in total. The Morgan fingerprint density at radius 3 is 1.54 bits per heavy atom. The first-order valence-corrected chi connectivity index (χ1v) is 4.23. The van der Waals surface area contributed by atoms with Crippen LogP contribution in [0.1, 0.15) is 0 Å². The average molecular weight is 266 g/mol. The topological polar surface area (TPSA) is 57.5 Å². The lowest BCUT2D eigenvalue weighted by Gasteiger charge is -1.80. The van der Waals surface area contributed by atoms with Crippen LogP contribution in [0.4, 0.5) is 0 Å². The molecule has 1 aromatic carbocycles. The molecule has 0 saturated heterocycles. The minimum absolute atomic E-state index is 0. The van der Waals surface area contributed by atoms with E-state index in [1.165, 1.54) is 0 Å². The lowest BCUT2D eigenvalue weighted by atomic mass is 10.4. The quantitative estimate of drug-likeness (QED) is 0.710. The van der Waals surface area contributed by atoms with E-state index in [2.05, 4.69) is 0 Å². The Bertz CT molecular complexity index is 216. The summed E-state index contributed by atoms with van der Waals surface area (Å²) >= 11 is 5.54. The van der Waals surface area contributed by atoms with Crippen LogP contribution in [0.2, 0.25) is 5.02 Å². The van der Waals surface area contributed by atoms with Crippen molar-refractivity contribution in [2.45, 2.75) is 0 Å². The predicted molar refractivity (Wildman–Crippen MR) is 58.0 cm³/mol. The van der Waals surface area contributed by atoms with Crippen molar-refractivity contribution in [2.75, 3.05) is 0 Å². The Kier molecular flexibility index (Phi) is 17.5. The van der Waals surface area contributed by atoms with Crippen molar-refractivity contribution < 1.29 is 14.4 Å². The molecule has 0 unspecified atom stereocenters. The molecule has 2 N–H and O–H groups in total. The van der Waals surface area contributed by atoms with Crippen LogP contribution in [0.5, 0.6) is 0 Å². The number of halogens is 3. The summed E-state index contributed by atoms with van der Waals surface area (Å²) in [5.41, 5.74) is 0. The molecule has 0 spiro atoms. The number of rotatable bonds is 0. The van der Waals surface area contributed by atoms with Crippen molar-refractivity contribution in [3.05, 3.63) is 35.4 Å². The van der Waals surface area contributed by atoms with E-state index in [1.54, 1.807) is 0 Å². The van der Waals surface area contributed by atoms with Crippen molar-refractivity contribution in [1.29, 1.82) is 0 Å². The SMILES string of the molecule is Cl.Cl.Clc1ccccc1.O=[P+](O)O. The highest BCUT2D eigenvalue weighted by atomic mass is 35.5. The van der Waals surface area contributed by atoms with Gasteiger partial charge in [0.1, 0.15) is 0 Å². The van der Waals surface area contributed by atoms with Gasteiger partial charge in [-0.25, -0.2) is 0 Å². The zero-order chi connectivity index (χ0) is 8.69. The first-order valence-electron chi connectivity index (χ1n) is 2.68. The number of hydrogen-bond acceptors (Lipinski definition) is 1. The molecular formula is C6H9Cl3O3P+. The summed E-state index contributed by atoms with van der Waals surface area (Å²) in [6, 6.07) is 9.44. The fourth-order valence-corrected chi connectivity index (χ4v) is 0.560. The van der Waals surface area contributed by atoms with Crippen molar-refractivity contribution >= 4 is 44.7 Å². The second-order valence-corrected chi connectivity index (χ2v) is 2.49. The van der Waals surface area contributed by atoms with Crippen LogP contribution in [-0.2, 0) is 4.57 Å². The van der Waals surface area contributed by atoms with Gasteiger partial charge < -0.3 is 0 Å². The van der Waals surface area contributed by atoms with E-state index in [4.69, 9.17) is 26.0 Å². The van der Waals surface area contributed by atoms with Gasteiger partial charge in [0, 0.05) is 9.59 Å². The third-order valence-corrected chi connectivity index (χ3v) is 0.985. The van der Waals surface area contributed by atoms with E-state index >= 15 is 0 Å². The third kappa shape index (κ3) is 18.8. The highest BCUT2D eigenvalue weighted by Gasteiger charge is 1.93. The van der Waals surface area contributed by atoms with Crippen LogP contribution in [-0.4, -0.2) is 9.79 Å². The summed E-state index contributed by atoms with van der Waals surface area (Å²) in [4.78, 5) is 14.2. The maximum Gasteiger partial charge on any atom is 0.692 e. The number of hydrogen-bond donors (Lipinski definition) is 2. The van der Waals surface area contributed by atoms with E-state index in [-0.39, 0.29) is 24.8 Å². The molecule has 0 bridgehead atoms. The maximum atomic E-state index is 8.70. The zero-order valence-corrected chi connectivity index (χ0v) is 9.61. The molecule has 0 aliphatic heterocycles. The normalized spacial score (nSPS) is 6.69. The highest BCUT2D eigenvalue weighted by Crippen LogP contribution is 2.03. The molecule has 0 atom stereocenters. The summed E-state index contributed by atoms with van der Waals surface area (Å²) < 4.78 is 8.70. The van der Waals surface area contributed by atoms with E-state index in [0.29, 0.717) is 0 Å². The van der Waals surface area contributed by atoms with Gasteiger partial charge in [0.05, 0.1) is 0 Å². The van der Waals surface area contributed by atoms with Gasteiger partial charge in [-0.05, 0) is 12.1 Å². The summed E-state index contributed by atoms with van der Waals surface area (Å²) in [6.45, 7) is 0. The van der Waals surface area contributed by atoms with Gasteiger partial charge >= 0.3 is 8.25 Å². The molecule has 0 aliphatic rings. The standard InChI is InChI=1S/C6H5Cl.2ClH.HO3P/c7-6-4-2-1-3-5-6;;;1-4(2)3/h1-5H;2*1H;(H-,1,2,3)/p+1. The molecule has 0 saturated carbocycles. The lowest BCUT2D eigenvalue weighted by molar-refractivity contribution is 0.405. The zero-order valence-electron chi connectivity index (χ0n) is 6.33. The van der Waals surface area contributed by atoms with Gasteiger partial charge in [-0.2, -0.15) is 0 Å². The van der Waals surface area contributed by atoms with Gasteiger partial charge in [-0.3, -0.25) is 0 Å². The van der Waals surface area contributed by atoms with E-state index in [0.717, 1.165) is 5.02 Å². The molecule has 1 rings (SSSR count). The fraction of sp³-hybridized carbons (Fsp3) is 0. The minimum atomic E-state index is -2.87. The van der Waals surface area contributed by atoms with Crippen LogP contribution in [0.3, 0.4) is 0 Å². The van der Waals surface area contributed by atoms with Crippen molar-refractivity contribution in [1.82, 2.24) is 0 Å². The van der Waals surface area contributed by atoms with E-state index in [1.807, 2.05) is 30.3 Å². The van der Waals surface area contributed by atoms with Crippen LogP contribution in [0.15, 0.2) is 30.3 Å². The molecule has 7 heteroatoms. The Morgan fingerprint density at radius 2 is 1.38 bits per heavy atom. The fourth-order valence-electron chi connectivity index (χ4n) is 0.415. The molecule has 0 amide bonds. The molecule has 76 valence electrons. The predicted octanol–water partition coefficient (Wildman–Crippen LogP) is 2.81. The van der Waals surface area contributed by atoms with Gasteiger partial charge in [0.15, 0.2) is 0 Å². The van der Waals surface area contributed by atoms with Gasteiger partial charge in [-0.15, -0.1) is 34.6 Å². The van der Waals surface area contributed by atoms with Crippen LogP contribution in [0, 0.1) is 0 Å². The first-order chi connectivity index (χ1) is 5.13. The second kappa shape index (κ2) is 12.1. The highest BCUT2D eigenvalue weighted by molar-refractivity contribution is 7.30. The van der Waals surface area contributed by atoms with Crippen LogP contribution >= 0.6 is 44.7 Å². The molecule has 0 radical (unpaired) electrons. The lowest BCUT2D eigenvalue weighted by Crippen LogP contribution is -1.55. The third-order valence-electron chi connectivity index (χ3n) is 0.733. The van der Waals surface area contributed by atoms with Crippen molar-refractivity contribution in [3.8, 4) is 0 Å². The van der Waals surface area contributed by atoms with Crippen LogP contribution < -0.4 is 0 Å². The largest absolute Gasteiger partial charge is 0.692 e. The molecule has 0 fully saturated rings. The summed E-state index contributed by atoms with van der Waals surface area (Å²) in [5, 5.41) is 0.794. The first kappa shape index (κ1) is 18.8. The van der Waals surface area contributed by atoms with E-state index < -0.39 is 8.25 Å². The molecule has 0 heterocycles. The summed E-state index contributed by atoms with van der Waals surface area (Å²) in [5.74, 6) is 0. The Morgan fingerprint density at radius 1 is 1.08 bits per heavy atom. The maximum absolute atomic E-state index is 8.70. The molecule has 0 aromatic heterocycles. The average Bonchev–Trinajstić information content (AvgIpc) is 1.87. The Balaban J connectivity index is -0.000000150. The molecule has 1 aromatic rings. The minimum Gasteiger partial charge on any atom is -0.147 e. The summed E-state index contributed by atoms with van der Waals surface area (Å²) in [7, 11) is -2.87. The summed E-state index contributed by atoms with van der Waals surface area (Å²) in [6.07, 6.45) is 0. The van der Waals surface area contributed by atoms with Gasteiger partial charge in [0.2, 0.25) is 0 Å². The Hall–Kier alpha value is 0.110. The smallest absolute Gasteiger partial charge is 0.147 e.